The van der Waals surface area contributed by atoms with Crippen LogP contribution in [0.3, 0.4) is 0 Å². The lowest BCUT2D eigenvalue weighted by molar-refractivity contribution is 0.708. The Kier molecular flexibility index (Phi) is 4.01. The molecule has 2 heterocycles. The number of hydrogen-bond acceptors (Lipinski definition) is 4. The number of benzene rings is 1. The summed E-state index contributed by atoms with van der Waals surface area (Å²) in [6, 6.07) is 8.35. The second-order valence-electron chi connectivity index (χ2n) is 4.82. The first kappa shape index (κ1) is 13.8. The van der Waals surface area contributed by atoms with Crippen molar-refractivity contribution in [2.24, 2.45) is 0 Å². The second kappa shape index (κ2) is 6.10. The smallest absolute Gasteiger partial charge is 0.128 e. The van der Waals surface area contributed by atoms with Crippen LogP contribution in [0.25, 0.3) is 11.3 Å². The molecule has 0 aliphatic rings. The Labute approximate surface area is 128 Å². The average Bonchev–Trinajstić information content (AvgIpc) is 3.14. The number of hydrogen-bond donors (Lipinski definition) is 1. The lowest BCUT2D eigenvalue weighted by Gasteiger charge is -2.09. The van der Waals surface area contributed by atoms with E-state index in [0.717, 1.165) is 40.9 Å². The molecule has 0 unspecified atom stereocenters. The molecular weight excluding hydrogens is 280 g/mol. The number of anilines is 1. The van der Waals surface area contributed by atoms with Gasteiger partial charge in [0.2, 0.25) is 0 Å². The Hall–Kier alpha value is -2.14. The molecule has 0 aliphatic carbocycles. The van der Waals surface area contributed by atoms with Crippen molar-refractivity contribution < 1.29 is 0 Å². The third-order valence-electron chi connectivity index (χ3n) is 3.37. The molecule has 3 aromatic rings. The molecule has 0 radical (unpaired) electrons. The minimum atomic E-state index is 0.723. The molecular formula is C16H18N4S. The van der Waals surface area contributed by atoms with Crippen molar-refractivity contribution in [3.63, 3.8) is 0 Å². The highest BCUT2D eigenvalue weighted by Crippen LogP contribution is 2.24. The van der Waals surface area contributed by atoms with Gasteiger partial charge in [-0.2, -0.15) is 0 Å². The van der Waals surface area contributed by atoms with Gasteiger partial charge < -0.3 is 9.88 Å². The molecule has 108 valence electrons. The van der Waals surface area contributed by atoms with Crippen LogP contribution in [0.15, 0.2) is 42.0 Å². The predicted octanol–water partition coefficient (Wildman–Crippen LogP) is 3.95. The lowest BCUT2D eigenvalue weighted by atomic mass is 10.1. The highest BCUT2D eigenvalue weighted by molar-refractivity contribution is 7.09. The van der Waals surface area contributed by atoms with Gasteiger partial charge in [-0.3, -0.25) is 0 Å². The predicted molar refractivity (Wildman–Crippen MR) is 87.5 cm³/mol. The van der Waals surface area contributed by atoms with E-state index in [9.17, 15) is 0 Å². The zero-order valence-electron chi connectivity index (χ0n) is 12.2. The van der Waals surface area contributed by atoms with Crippen LogP contribution >= 0.6 is 11.3 Å². The minimum absolute atomic E-state index is 0.723. The number of nitrogens with one attached hydrogen (secondary N) is 1. The van der Waals surface area contributed by atoms with Gasteiger partial charge in [-0.05, 0) is 26.0 Å². The van der Waals surface area contributed by atoms with Gasteiger partial charge in [0.1, 0.15) is 5.82 Å². The molecule has 5 heteroatoms. The summed E-state index contributed by atoms with van der Waals surface area (Å²) in [5.74, 6) is 1.05. The molecule has 0 spiro atoms. The molecule has 21 heavy (non-hydrogen) atoms. The van der Waals surface area contributed by atoms with Crippen LogP contribution in [0, 0.1) is 6.92 Å². The Morgan fingerprint density at radius 2 is 2.24 bits per heavy atom. The molecule has 0 atom stereocenters. The Balaban J connectivity index is 1.74. The maximum atomic E-state index is 4.53. The zero-order valence-corrected chi connectivity index (χ0v) is 13.0. The van der Waals surface area contributed by atoms with E-state index < -0.39 is 0 Å². The van der Waals surface area contributed by atoms with E-state index in [-0.39, 0.29) is 0 Å². The maximum absolute atomic E-state index is 4.53. The zero-order chi connectivity index (χ0) is 14.7. The first-order valence-electron chi connectivity index (χ1n) is 7.02. The lowest BCUT2D eigenvalue weighted by Crippen LogP contribution is -2.07. The monoisotopic (exact) mass is 298 g/mol. The first-order valence-corrected chi connectivity index (χ1v) is 7.90. The molecule has 0 aliphatic heterocycles. The van der Waals surface area contributed by atoms with E-state index in [0.29, 0.717) is 0 Å². The number of rotatable bonds is 5. The molecule has 0 saturated carbocycles. The summed E-state index contributed by atoms with van der Waals surface area (Å²) in [4.78, 5) is 8.91. The van der Waals surface area contributed by atoms with E-state index in [2.05, 4.69) is 56.4 Å². The van der Waals surface area contributed by atoms with Gasteiger partial charge in [0.05, 0.1) is 17.2 Å². The molecule has 1 N–H and O–H groups in total. The first-order chi connectivity index (χ1) is 10.3. The van der Waals surface area contributed by atoms with Crippen LogP contribution < -0.4 is 5.32 Å². The molecule has 0 bridgehead atoms. The SMILES string of the molecule is CCn1ccnc1CNc1cccc(-c2csc(C)n2)c1. The van der Waals surface area contributed by atoms with Gasteiger partial charge in [-0.25, -0.2) is 9.97 Å². The Morgan fingerprint density at radius 1 is 1.33 bits per heavy atom. The summed E-state index contributed by atoms with van der Waals surface area (Å²) in [6.07, 6.45) is 3.85. The van der Waals surface area contributed by atoms with Crippen molar-refractivity contribution in [1.82, 2.24) is 14.5 Å². The summed E-state index contributed by atoms with van der Waals surface area (Å²) >= 11 is 1.68. The summed E-state index contributed by atoms with van der Waals surface area (Å²) in [5.41, 5.74) is 3.27. The third kappa shape index (κ3) is 3.13. The molecule has 3 rings (SSSR count). The fourth-order valence-corrected chi connectivity index (χ4v) is 2.88. The molecule has 0 amide bonds. The highest BCUT2D eigenvalue weighted by atomic mass is 32.1. The van der Waals surface area contributed by atoms with Gasteiger partial charge in [0, 0.05) is 35.6 Å². The van der Waals surface area contributed by atoms with Crippen molar-refractivity contribution >= 4 is 17.0 Å². The van der Waals surface area contributed by atoms with E-state index in [1.54, 1.807) is 11.3 Å². The number of aromatic nitrogens is 3. The van der Waals surface area contributed by atoms with Gasteiger partial charge in [-0.1, -0.05) is 12.1 Å². The highest BCUT2D eigenvalue weighted by Gasteiger charge is 2.04. The molecule has 1 aromatic carbocycles. The van der Waals surface area contributed by atoms with Crippen LogP contribution in [-0.2, 0) is 13.1 Å². The van der Waals surface area contributed by atoms with Crippen molar-refractivity contribution in [3.05, 3.63) is 52.9 Å². The van der Waals surface area contributed by atoms with Crippen molar-refractivity contribution in [1.29, 1.82) is 0 Å². The summed E-state index contributed by atoms with van der Waals surface area (Å²) < 4.78 is 2.14. The van der Waals surface area contributed by atoms with Gasteiger partial charge in [-0.15, -0.1) is 11.3 Å². The van der Waals surface area contributed by atoms with Crippen LogP contribution in [0.4, 0.5) is 5.69 Å². The molecule has 0 saturated heterocycles. The number of aryl methyl sites for hydroxylation is 2. The molecule has 2 aromatic heterocycles. The second-order valence-corrected chi connectivity index (χ2v) is 5.88. The van der Waals surface area contributed by atoms with Gasteiger partial charge >= 0.3 is 0 Å². The van der Waals surface area contributed by atoms with E-state index in [4.69, 9.17) is 0 Å². The number of imidazole rings is 1. The largest absolute Gasteiger partial charge is 0.378 e. The van der Waals surface area contributed by atoms with E-state index in [1.807, 2.05) is 19.3 Å². The summed E-state index contributed by atoms with van der Waals surface area (Å²) in [6.45, 7) is 5.81. The van der Waals surface area contributed by atoms with Crippen molar-refractivity contribution in [2.75, 3.05) is 5.32 Å². The van der Waals surface area contributed by atoms with Crippen LogP contribution in [0.2, 0.25) is 0 Å². The standard InChI is InChI=1S/C16H18N4S/c1-3-20-8-7-17-16(20)10-18-14-6-4-5-13(9-14)15-11-21-12(2)19-15/h4-9,11,18H,3,10H2,1-2H3. The Bertz CT molecular complexity index is 729. The quantitative estimate of drug-likeness (QED) is 0.775. The number of thiazole rings is 1. The van der Waals surface area contributed by atoms with Crippen molar-refractivity contribution in [3.8, 4) is 11.3 Å². The average molecular weight is 298 g/mol. The van der Waals surface area contributed by atoms with E-state index in [1.165, 1.54) is 0 Å². The fourth-order valence-electron chi connectivity index (χ4n) is 2.26. The maximum Gasteiger partial charge on any atom is 0.128 e. The molecule has 0 fully saturated rings. The number of nitrogens with zero attached hydrogens (tertiary/aromatic N) is 3. The van der Waals surface area contributed by atoms with E-state index >= 15 is 0 Å². The summed E-state index contributed by atoms with van der Waals surface area (Å²) in [7, 11) is 0. The van der Waals surface area contributed by atoms with Gasteiger partial charge in [0.25, 0.3) is 0 Å². The van der Waals surface area contributed by atoms with Crippen molar-refractivity contribution in [2.45, 2.75) is 26.9 Å². The topological polar surface area (TPSA) is 42.7 Å². The minimum Gasteiger partial charge on any atom is -0.378 e. The normalized spacial score (nSPS) is 10.8. The van der Waals surface area contributed by atoms with Crippen LogP contribution in [-0.4, -0.2) is 14.5 Å². The summed E-state index contributed by atoms with van der Waals surface area (Å²) in [5, 5.41) is 6.62. The van der Waals surface area contributed by atoms with Crippen LogP contribution in [0.5, 0.6) is 0 Å². The molecule has 4 nitrogen and oxygen atoms in total. The Morgan fingerprint density at radius 3 is 3.00 bits per heavy atom. The van der Waals surface area contributed by atoms with Crippen LogP contribution in [0.1, 0.15) is 17.8 Å². The fraction of sp³-hybridized carbons (Fsp3) is 0.250. The third-order valence-corrected chi connectivity index (χ3v) is 4.14. The van der Waals surface area contributed by atoms with Gasteiger partial charge in [0.15, 0.2) is 0 Å².